The lowest BCUT2D eigenvalue weighted by Crippen LogP contribution is -2.18. The summed E-state index contributed by atoms with van der Waals surface area (Å²) in [6, 6.07) is 5.38. The number of carbonyl (C=O) groups excluding carboxylic acids is 1. The van der Waals surface area contributed by atoms with Gasteiger partial charge in [0.2, 0.25) is 0 Å². The Bertz CT molecular complexity index is 686. The summed E-state index contributed by atoms with van der Waals surface area (Å²) < 4.78 is 1.56. The fraction of sp³-hybridized carbons (Fsp3) is 0.143. The number of carboxylic acids is 1. The van der Waals surface area contributed by atoms with Crippen LogP contribution in [0.5, 0.6) is 0 Å². The molecule has 0 saturated carbocycles. The van der Waals surface area contributed by atoms with Crippen molar-refractivity contribution in [1.82, 2.24) is 0 Å². The zero-order chi connectivity index (χ0) is 13.7. The Labute approximate surface area is 126 Å². The monoisotopic (exact) mass is 382 g/mol. The predicted molar refractivity (Wildman–Crippen MR) is 78.1 cm³/mol. The first-order valence-electron chi connectivity index (χ1n) is 5.66. The van der Waals surface area contributed by atoms with E-state index in [1.165, 1.54) is 0 Å². The molecule has 0 spiro atoms. The zero-order valence-corrected chi connectivity index (χ0v) is 12.8. The molecule has 0 bridgehead atoms. The first-order chi connectivity index (χ1) is 8.99. The van der Waals surface area contributed by atoms with Gasteiger partial charge in [0, 0.05) is 15.6 Å². The summed E-state index contributed by atoms with van der Waals surface area (Å²) in [5.41, 5.74) is 2.46. The number of carboxylic acid groups (broad SMARTS) is 1. The molecule has 3 nitrogen and oxygen atoms in total. The van der Waals surface area contributed by atoms with Crippen molar-refractivity contribution in [2.24, 2.45) is 5.92 Å². The Morgan fingerprint density at radius 1 is 1.26 bits per heavy atom. The highest BCUT2D eigenvalue weighted by Gasteiger charge is 2.38. The molecule has 3 rings (SSSR count). The van der Waals surface area contributed by atoms with Crippen LogP contribution in [0.15, 0.2) is 38.8 Å². The van der Waals surface area contributed by atoms with Gasteiger partial charge in [0.05, 0.1) is 5.92 Å². The van der Waals surface area contributed by atoms with Gasteiger partial charge in [-0.3, -0.25) is 9.59 Å². The summed E-state index contributed by atoms with van der Waals surface area (Å²) >= 11 is 6.66. The van der Waals surface area contributed by atoms with E-state index in [9.17, 15) is 14.7 Å². The van der Waals surface area contributed by atoms with Crippen LogP contribution in [0.4, 0.5) is 0 Å². The summed E-state index contributed by atoms with van der Waals surface area (Å²) in [5, 5.41) is 9.37. The molecule has 1 N–H and O–H groups in total. The minimum Gasteiger partial charge on any atom is -0.481 e. The molecule has 0 saturated heterocycles. The van der Waals surface area contributed by atoms with E-state index < -0.39 is 11.9 Å². The maximum atomic E-state index is 12.4. The van der Waals surface area contributed by atoms with Crippen molar-refractivity contribution >= 4 is 49.2 Å². The third-order valence-corrected chi connectivity index (χ3v) is 4.44. The Balaban J connectivity index is 2.25. The molecule has 0 aromatic heterocycles. The molecule has 1 unspecified atom stereocenters. The minimum absolute atomic E-state index is 0.103. The van der Waals surface area contributed by atoms with Crippen LogP contribution in [0.3, 0.4) is 0 Å². The summed E-state index contributed by atoms with van der Waals surface area (Å²) in [6.45, 7) is 0. The second-order valence-corrected chi connectivity index (χ2v) is 6.47. The Kier molecular flexibility index (Phi) is 2.98. The molecule has 1 aromatic carbocycles. The normalized spacial score (nSPS) is 21.1. The highest BCUT2D eigenvalue weighted by Crippen LogP contribution is 2.45. The molecule has 5 heteroatoms. The van der Waals surface area contributed by atoms with Crippen molar-refractivity contribution in [1.29, 1.82) is 0 Å². The third-order valence-electron chi connectivity index (χ3n) is 3.40. The number of benzene rings is 1. The number of halogens is 2. The van der Waals surface area contributed by atoms with Gasteiger partial charge in [-0.25, -0.2) is 0 Å². The molecular weight excluding hydrogens is 376 g/mol. The number of hydrogen-bond donors (Lipinski definition) is 1. The Morgan fingerprint density at radius 3 is 2.68 bits per heavy atom. The summed E-state index contributed by atoms with van der Waals surface area (Å²) in [7, 11) is 0. The van der Waals surface area contributed by atoms with Gasteiger partial charge in [-0.1, -0.05) is 37.9 Å². The first-order valence-corrected chi connectivity index (χ1v) is 7.25. The van der Waals surface area contributed by atoms with E-state index in [1.54, 1.807) is 12.1 Å². The summed E-state index contributed by atoms with van der Waals surface area (Å²) in [5.74, 6) is -1.67. The van der Waals surface area contributed by atoms with Crippen LogP contribution in [0.1, 0.15) is 22.3 Å². The van der Waals surface area contributed by atoms with Crippen molar-refractivity contribution in [2.45, 2.75) is 6.42 Å². The van der Waals surface area contributed by atoms with E-state index in [-0.39, 0.29) is 5.78 Å². The van der Waals surface area contributed by atoms with Crippen LogP contribution in [0, 0.1) is 5.92 Å². The lowest BCUT2D eigenvalue weighted by atomic mass is 9.86. The molecule has 1 atom stereocenters. The van der Waals surface area contributed by atoms with Gasteiger partial charge in [0.1, 0.15) is 0 Å². The van der Waals surface area contributed by atoms with E-state index >= 15 is 0 Å². The van der Waals surface area contributed by atoms with Crippen LogP contribution in [-0.4, -0.2) is 16.9 Å². The number of hydrogen-bond acceptors (Lipinski definition) is 2. The molecule has 0 radical (unpaired) electrons. The maximum Gasteiger partial charge on any atom is 0.311 e. The maximum absolute atomic E-state index is 12.4. The Hall–Kier alpha value is -1.20. The SMILES string of the molecule is O=C1C2=C(c3ccc(Br)cc31)C(C(=O)O)CC(Br)=C2. The lowest BCUT2D eigenvalue weighted by molar-refractivity contribution is -0.139. The van der Waals surface area contributed by atoms with Gasteiger partial charge in [-0.15, -0.1) is 0 Å². The van der Waals surface area contributed by atoms with Crippen LogP contribution in [0.2, 0.25) is 0 Å². The van der Waals surface area contributed by atoms with Crippen LogP contribution in [0.25, 0.3) is 5.57 Å². The van der Waals surface area contributed by atoms with Gasteiger partial charge in [0.25, 0.3) is 0 Å². The molecule has 0 amide bonds. The lowest BCUT2D eigenvalue weighted by Gasteiger charge is -2.19. The van der Waals surface area contributed by atoms with Crippen molar-refractivity contribution in [3.8, 4) is 0 Å². The number of ketones is 1. The van der Waals surface area contributed by atoms with Crippen molar-refractivity contribution in [2.75, 3.05) is 0 Å². The van der Waals surface area contributed by atoms with Crippen LogP contribution < -0.4 is 0 Å². The van der Waals surface area contributed by atoms with E-state index in [0.29, 0.717) is 23.1 Å². The number of fused-ring (bicyclic) bond motifs is 2. The standard InChI is InChI=1S/C14H8Br2O3/c15-6-1-2-8-9(3-6)13(17)10-4-7(16)5-11(12(8)10)14(18)19/h1-4,11H,5H2,(H,18,19). The van der Waals surface area contributed by atoms with Gasteiger partial charge in [-0.2, -0.15) is 0 Å². The van der Waals surface area contributed by atoms with E-state index in [1.807, 2.05) is 12.1 Å². The van der Waals surface area contributed by atoms with E-state index in [4.69, 9.17) is 0 Å². The second-order valence-electron chi connectivity index (χ2n) is 4.53. The smallest absolute Gasteiger partial charge is 0.311 e. The largest absolute Gasteiger partial charge is 0.481 e. The highest BCUT2D eigenvalue weighted by atomic mass is 79.9. The van der Waals surface area contributed by atoms with E-state index in [2.05, 4.69) is 31.9 Å². The fourth-order valence-electron chi connectivity index (χ4n) is 2.59. The molecule has 96 valence electrons. The molecule has 0 heterocycles. The average Bonchev–Trinajstić information content (AvgIpc) is 2.62. The van der Waals surface area contributed by atoms with Crippen molar-refractivity contribution < 1.29 is 14.7 Å². The fourth-order valence-corrected chi connectivity index (χ4v) is 3.51. The van der Waals surface area contributed by atoms with E-state index in [0.717, 1.165) is 14.5 Å². The molecule has 19 heavy (non-hydrogen) atoms. The average molecular weight is 384 g/mol. The number of rotatable bonds is 1. The Morgan fingerprint density at radius 2 is 2.00 bits per heavy atom. The van der Waals surface area contributed by atoms with Gasteiger partial charge in [0.15, 0.2) is 5.78 Å². The van der Waals surface area contributed by atoms with Crippen LogP contribution >= 0.6 is 31.9 Å². The topological polar surface area (TPSA) is 54.4 Å². The van der Waals surface area contributed by atoms with Crippen molar-refractivity contribution in [3.05, 3.63) is 49.9 Å². The highest BCUT2D eigenvalue weighted by molar-refractivity contribution is 9.11. The summed E-state index contributed by atoms with van der Waals surface area (Å²) in [6.07, 6.45) is 2.13. The molecule has 2 aliphatic rings. The first kappa shape index (κ1) is 12.8. The second kappa shape index (κ2) is 4.42. The summed E-state index contributed by atoms with van der Waals surface area (Å²) in [4.78, 5) is 23.8. The van der Waals surface area contributed by atoms with Crippen molar-refractivity contribution in [3.63, 3.8) is 0 Å². The van der Waals surface area contributed by atoms with Gasteiger partial charge >= 0.3 is 5.97 Å². The van der Waals surface area contributed by atoms with Gasteiger partial charge < -0.3 is 5.11 Å². The predicted octanol–water partition coefficient (Wildman–Crippen LogP) is 3.78. The zero-order valence-electron chi connectivity index (χ0n) is 9.61. The molecular formula is C14H8Br2O3. The van der Waals surface area contributed by atoms with Gasteiger partial charge in [-0.05, 0) is 40.2 Å². The third kappa shape index (κ3) is 1.92. The minimum atomic E-state index is -0.902. The number of Topliss-reactive ketones (excluding diaryl/α,β-unsaturated/α-hetero) is 1. The van der Waals surface area contributed by atoms with Crippen LogP contribution in [-0.2, 0) is 4.79 Å². The molecule has 2 aliphatic carbocycles. The molecule has 0 fully saturated rings. The molecule has 0 aliphatic heterocycles. The number of carbonyl (C=O) groups is 2. The number of allylic oxidation sites excluding steroid dienone is 3. The molecule has 1 aromatic rings. The quantitative estimate of drug-likeness (QED) is 0.802. The number of aliphatic carboxylic acids is 1.